The number of benzene rings is 2. The van der Waals surface area contributed by atoms with E-state index < -0.39 is 0 Å². The molecule has 3 nitrogen and oxygen atoms in total. The second-order valence-electron chi connectivity index (χ2n) is 4.81. The quantitative estimate of drug-likeness (QED) is 0.832. The maximum atomic E-state index is 12.0. The Morgan fingerprint density at radius 1 is 1.05 bits per heavy atom. The van der Waals surface area contributed by atoms with Crippen molar-refractivity contribution in [1.29, 1.82) is 0 Å². The van der Waals surface area contributed by atoms with Crippen LogP contribution in [0.1, 0.15) is 43.4 Å². The number of aryl methyl sites for hydroxylation is 1. The van der Waals surface area contributed by atoms with Crippen molar-refractivity contribution < 1.29 is 9.63 Å². The average Bonchev–Trinajstić information content (AvgIpc) is 2.58. The van der Waals surface area contributed by atoms with Gasteiger partial charge in [-0.1, -0.05) is 68.4 Å². The first kappa shape index (κ1) is 17.9. The largest absolute Gasteiger partial charge is 0.272 e. The fourth-order valence-electron chi connectivity index (χ4n) is 1.94. The molecular weight excluding hydrogens is 274 g/mol. The van der Waals surface area contributed by atoms with E-state index in [9.17, 15) is 4.79 Å². The Balaban J connectivity index is 0.00000116. The molecule has 0 aromatic heterocycles. The number of hydroxylamine groups is 1. The molecule has 1 N–H and O–H groups in total. The third kappa shape index (κ3) is 5.34. The van der Waals surface area contributed by atoms with E-state index in [1.165, 1.54) is 0 Å². The number of hydrogen-bond donors (Lipinski definition) is 1. The zero-order chi connectivity index (χ0) is 16.4. The van der Waals surface area contributed by atoms with Gasteiger partial charge in [-0.25, -0.2) is 5.48 Å². The van der Waals surface area contributed by atoms with Gasteiger partial charge in [0.1, 0.15) is 6.61 Å². The molecule has 0 spiro atoms. The van der Waals surface area contributed by atoms with Gasteiger partial charge in [-0.3, -0.25) is 9.63 Å². The van der Waals surface area contributed by atoms with Crippen molar-refractivity contribution in [2.75, 3.05) is 0 Å². The molecule has 0 radical (unpaired) electrons. The van der Waals surface area contributed by atoms with Gasteiger partial charge in [-0.15, -0.1) is 0 Å². The molecule has 0 saturated heterocycles. The number of amides is 1. The highest BCUT2D eigenvalue weighted by Gasteiger charge is 2.14. The molecule has 2 aromatic carbocycles. The fourth-order valence-corrected chi connectivity index (χ4v) is 1.94. The Morgan fingerprint density at radius 2 is 1.64 bits per heavy atom. The SMILES string of the molecule is CC.Cc1ccccc1CONC(=O)C(C)c1ccccc1. The Kier molecular flexibility index (Phi) is 7.94. The third-order valence-corrected chi connectivity index (χ3v) is 3.35. The summed E-state index contributed by atoms with van der Waals surface area (Å²) < 4.78 is 0. The number of nitrogens with one attached hydrogen (secondary N) is 1. The summed E-state index contributed by atoms with van der Waals surface area (Å²) in [6, 6.07) is 17.6. The van der Waals surface area contributed by atoms with Gasteiger partial charge in [0.2, 0.25) is 0 Å². The van der Waals surface area contributed by atoms with Crippen LogP contribution in [0.15, 0.2) is 54.6 Å². The van der Waals surface area contributed by atoms with Crippen LogP contribution < -0.4 is 5.48 Å². The van der Waals surface area contributed by atoms with Crippen LogP contribution in [0.5, 0.6) is 0 Å². The van der Waals surface area contributed by atoms with E-state index in [2.05, 4.69) is 5.48 Å². The van der Waals surface area contributed by atoms with Crippen molar-refractivity contribution in [3.05, 3.63) is 71.3 Å². The lowest BCUT2D eigenvalue weighted by Gasteiger charge is -2.13. The van der Waals surface area contributed by atoms with Crippen molar-refractivity contribution in [2.24, 2.45) is 0 Å². The Hall–Kier alpha value is -2.13. The van der Waals surface area contributed by atoms with Crippen LogP contribution >= 0.6 is 0 Å². The summed E-state index contributed by atoms with van der Waals surface area (Å²) in [7, 11) is 0. The third-order valence-electron chi connectivity index (χ3n) is 3.35. The normalized spacial score (nSPS) is 11.1. The molecule has 0 fully saturated rings. The number of carbonyl (C=O) groups excluding carboxylic acids is 1. The molecule has 0 bridgehead atoms. The molecule has 118 valence electrons. The predicted octanol–water partition coefficient (Wildman–Crippen LogP) is 4.37. The van der Waals surface area contributed by atoms with E-state index in [-0.39, 0.29) is 11.8 Å². The monoisotopic (exact) mass is 299 g/mol. The minimum Gasteiger partial charge on any atom is -0.272 e. The first-order valence-corrected chi connectivity index (χ1v) is 7.69. The van der Waals surface area contributed by atoms with Gasteiger partial charge < -0.3 is 0 Å². The molecule has 1 atom stereocenters. The zero-order valence-corrected chi connectivity index (χ0v) is 13.8. The first-order valence-electron chi connectivity index (χ1n) is 7.69. The molecule has 0 aliphatic heterocycles. The highest BCUT2D eigenvalue weighted by Crippen LogP contribution is 2.14. The Bertz CT molecular complexity index is 567. The van der Waals surface area contributed by atoms with Gasteiger partial charge >= 0.3 is 0 Å². The maximum Gasteiger partial charge on any atom is 0.250 e. The summed E-state index contributed by atoms with van der Waals surface area (Å²) in [5, 5.41) is 0. The van der Waals surface area contributed by atoms with Crippen LogP contribution in [0.25, 0.3) is 0 Å². The molecule has 0 saturated carbocycles. The molecule has 2 rings (SSSR count). The minimum absolute atomic E-state index is 0.134. The summed E-state index contributed by atoms with van der Waals surface area (Å²) in [4.78, 5) is 17.3. The zero-order valence-electron chi connectivity index (χ0n) is 13.8. The Labute approximate surface area is 133 Å². The number of hydrogen-bond acceptors (Lipinski definition) is 2. The van der Waals surface area contributed by atoms with Gasteiger partial charge in [0.15, 0.2) is 0 Å². The molecule has 3 heteroatoms. The van der Waals surface area contributed by atoms with Gasteiger partial charge in [0, 0.05) is 0 Å². The molecule has 22 heavy (non-hydrogen) atoms. The molecule has 1 amide bonds. The lowest BCUT2D eigenvalue weighted by Crippen LogP contribution is -2.28. The minimum atomic E-state index is -0.229. The molecule has 1 unspecified atom stereocenters. The fraction of sp³-hybridized carbons (Fsp3) is 0.316. The number of rotatable bonds is 5. The highest BCUT2D eigenvalue weighted by molar-refractivity contribution is 5.82. The average molecular weight is 299 g/mol. The summed E-state index contributed by atoms with van der Waals surface area (Å²) >= 11 is 0. The molecule has 2 aromatic rings. The standard InChI is InChI=1S/C17H19NO2.C2H6/c1-13-8-6-7-11-16(13)12-20-18-17(19)14(2)15-9-4-3-5-10-15;1-2/h3-11,14H,12H2,1-2H3,(H,18,19);1-2H3. The second kappa shape index (κ2) is 9.74. The van der Waals surface area contributed by atoms with Gasteiger partial charge in [0.05, 0.1) is 5.92 Å². The van der Waals surface area contributed by atoms with Crippen molar-refractivity contribution >= 4 is 5.91 Å². The van der Waals surface area contributed by atoms with Gasteiger partial charge in [0.25, 0.3) is 5.91 Å². The van der Waals surface area contributed by atoms with Crippen LogP contribution in [0, 0.1) is 6.92 Å². The van der Waals surface area contributed by atoms with Crippen molar-refractivity contribution in [3.8, 4) is 0 Å². The smallest absolute Gasteiger partial charge is 0.250 e. The Morgan fingerprint density at radius 3 is 2.27 bits per heavy atom. The predicted molar refractivity (Wildman–Crippen MR) is 90.3 cm³/mol. The van der Waals surface area contributed by atoms with Crippen molar-refractivity contribution in [3.63, 3.8) is 0 Å². The van der Waals surface area contributed by atoms with Crippen LogP contribution in [-0.2, 0) is 16.2 Å². The van der Waals surface area contributed by atoms with Crippen LogP contribution in [-0.4, -0.2) is 5.91 Å². The summed E-state index contributed by atoms with van der Waals surface area (Å²) in [6.45, 7) is 8.26. The van der Waals surface area contributed by atoms with E-state index in [1.54, 1.807) is 0 Å². The molecule has 0 heterocycles. The lowest BCUT2D eigenvalue weighted by atomic mass is 10.0. The van der Waals surface area contributed by atoms with E-state index in [1.807, 2.05) is 82.3 Å². The first-order chi connectivity index (χ1) is 10.7. The van der Waals surface area contributed by atoms with Crippen LogP contribution in [0.3, 0.4) is 0 Å². The summed E-state index contributed by atoms with van der Waals surface area (Å²) in [5.74, 6) is -0.363. The topological polar surface area (TPSA) is 38.3 Å². The van der Waals surface area contributed by atoms with E-state index in [0.717, 1.165) is 16.7 Å². The second-order valence-corrected chi connectivity index (χ2v) is 4.81. The van der Waals surface area contributed by atoms with Gasteiger partial charge in [-0.05, 0) is 30.5 Å². The van der Waals surface area contributed by atoms with E-state index >= 15 is 0 Å². The van der Waals surface area contributed by atoms with E-state index in [0.29, 0.717) is 6.61 Å². The van der Waals surface area contributed by atoms with Crippen LogP contribution in [0.2, 0.25) is 0 Å². The lowest BCUT2D eigenvalue weighted by molar-refractivity contribution is -0.135. The van der Waals surface area contributed by atoms with Crippen molar-refractivity contribution in [2.45, 2.75) is 40.2 Å². The molecular formula is C19H25NO2. The molecule has 0 aliphatic rings. The van der Waals surface area contributed by atoms with Crippen LogP contribution in [0.4, 0.5) is 0 Å². The van der Waals surface area contributed by atoms with Gasteiger partial charge in [-0.2, -0.15) is 0 Å². The summed E-state index contributed by atoms with van der Waals surface area (Å²) in [6.07, 6.45) is 0. The van der Waals surface area contributed by atoms with E-state index in [4.69, 9.17) is 4.84 Å². The highest BCUT2D eigenvalue weighted by atomic mass is 16.6. The molecule has 0 aliphatic carbocycles. The maximum absolute atomic E-state index is 12.0. The summed E-state index contributed by atoms with van der Waals surface area (Å²) in [5.41, 5.74) is 5.71. The number of carbonyl (C=O) groups is 1. The van der Waals surface area contributed by atoms with Crippen molar-refractivity contribution in [1.82, 2.24) is 5.48 Å².